The Kier molecular flexibility index (Phi) is 5.01. The molecular weight excluding hydrogens is 532 g/mol. The lowest BCUT2D eigenvalue weighted by molar-refractivity contribution is -0.166. The Labute approximate surface area is 241 Å². The molecule has 9 rings (SSSR count). The van der Waals surface area contributed by atoms with Crippen LogP contribution in [0, 0.1) is 11.3 Å². The van der Waals surface area contributed by atoms with E-state index in [1.165, 1.54) is 5.56 Å². The highest BCUT2D eigenvalue weighted by Crippen LogP contribution is 2.52. The molecule has 212 valence electrons. The minimum Gasteiger partial charge on any atom is -0.475 e. The van der Waals surface area contributed by atoms with Crippen molar-refractivity contribution in [3.05, 3.63) is 47.9 Å². The van der Waals surface area contributed by atoms with Gasteiger partial charge in [-0.1, -0.05) is 6.07 Å². The number of likely N-dealkylation sites (tertiary alicyclic amines) is 1. The summed E-state index contributed by atoms with van der Waals surface area (Å²) in [6, 6.07) is 8.92. The molecule has 1 aromatic carbocycles. The van der Waals surface area contributed by atoms with Crippen molar-refractivity contribution in [2.45, 2.75) is 43.6 Å². The SMILES string of the molecule is Cn1ncc2cc(-c3c(-c4cnn5c4OCC5)[nH]c4ncc5c(c34)C3(CCN(C4(CC#N)COC4)CC3)OC5)ccc21. The van der Waals surface area contributed by atoms with E-state index in [4.69, 9.17) is 19.2 Å². The predicted octanol–water partition coefficient (Wildman–Crippen LogP) is 3.88. The van der Waals surface area contributed by atoms with Gasteiger partial charge in [0.05, 0.1) is 79.2 Å². The third-order valence-electron chi connectivity index (χ3n) is 9.89. The largest absolute Gasteiger partial charge is 0.475 e. The van der Waals surface area contributed by atoms with Crippen LogP contribution >= 0.6 is 0 Å². The molecule has 0 atom stereocenters. The molecule has 0 bridgehead atoms. The summed E-state index contributed by atoms with van der Waals surface area (Å²) in [4.78, 5) is 11.1. The van der Waals surface area contributed by atoms with E-state index in [-0.39, 0.29) is 5.54 Å². The molecule has 1 spiro atoms. The molecule has 11 heteroatoms. The second-order valence-corrected chi connectivity index (χ2v) is 12.1. The van der Waals surface area contributed by atoms with Gasteiger partial charge in [0.15, 0.2) is 0 Å². The second kappa shape index (κ2) is 8.64. The minimum absolute atomic E-state index is 0.167. The highest BCUT2D eigenvalue weighted by molar-refractivity contribution is 6.06. The van der Waals surface area contributed by atoms with Gasteiger partial charge in [0.2, 0.25) is 5.88 Å². The van der Waals surface area contributed by atoms with E-state index in [0.717, 1.165) is 88.2 Å². The average molecular weight is 563 g/mol. The zero-order valence-electron chi connectivity index (χ0n) is 23.4. The topological polar surface area (TPSA) is 119 Å². The summed E-state index contributed by atoms with van der Waals surface area (Å²) in [6.07, 6.45) is 7.97. The summed E-state index contributed by atoms with van der Waals surface area (Å²) in [5, 5.41) is 20.8. The number of fused-ring (bicyclic) bond motifs is 6. The molecule has 8 heterocycles. The Balaban J connectivity index is 1.23. The highest BCUT2D eigenvalue weighted by atomic mass is 16.5. The third kappa shape index (κ3) is 3.22. The average Bonchev–Trinajstić information content (AvgIpc) is 3.80. The van der Waals surface area contributed by atoms with Gasteiger partial charge in [0, 0.05) is 53.8 Å². The molecule has 0 unspecified atom stereocenters. The van der Waals surface area contributed by atoms with Crippen molar-refractivity contribution in [2.75, 3.05) is 32.9 Å². The van der Waals surface area contributed by atoms with Crippen molar-refractivity contribution in [3.8, 4) is 34.3 Å². The summed E-state index contributed by atoms with van der Waals surface area (Å²) in [7, 11) is 1.97. The van der Waals surface area contributed by atoms with Crippen molar-refractivity contribution in [2.24, 2.45) is 7.05 Å². The smallest absolute Gasteiger partial charge is 0.221 e. The first-order chi connectivity index (χ1) is 20.6. The molecule has 4 aliphatic rings. The number of hydrogen-bond acceptors (Lipinski definition) is 8. The van der Waals surface area contributed by atoms with Crippen molar-refractivity contribution in [1.82, 2.24) is 34.4 Å². The monoisotopic (exact) mass is 562 g/mol. The molecule has 2 saturated heterocycles. The van der Waals surface area contributed by atoms with Gasteiger partial charge in [-0.05, 0) is 30.5 Å². The number of nitrogens with zero attached hydrogens (tertiary/aromatic N) is 7. The number of ether oxygens (including phenoxy) is 3. The van der Waals surface area contributed by atoms with Gasteiger partial charge < -0.3 is 19.2 Å². The molecule has 4 aromatic heterocycles. The van der Waals surface area contributed by atoms with Gasteiger partial charge >= 0.3 is 0 Å². The van der Waals surface area contributed by atoms with E-state index < -0.39 is 5.60 Å². The van der Waals surface area contributed by atoms with E-state index in [1.807, 2.05) is 35.0 Å². The molecule has 0 radical (unpaired) electrons. The quantitative estimate of drug-likeness (QED) is 0.351. The number of piperidine rings is 1. The lowest BCUT2D eigenvalue weighted by atomic mass is 9.79. The van der Waals surface area contributed by atoms with Gasteiger partial charge in [-0.25, -0.2) is 9.67 Å². The molecule has 4 aliphatic heterocycles. The van der Waals surface area contributed by atoms with Crippen LogP contribution in [-0.4, -0.2) is 72.9 Å². The van der Waals surface area contributed by atoms with Gasteiger partial charge in [-0.2, -0.15) is 15.5 Å². The first kappa shape index (κ1) is 24.4. The molecule has 2 fully saturated rings. The van der Waals surface area contributed by atoms with Crippen LogP contribution in [0.3, 0.4) is 0 Å². The van der Waals surface area contributed by atoms with Gasteiger partial charge in [-0.15, -0.1) is 0 Å². The lowest BCUT2D eigenvalue weighted by Crippen LogP contribution is -2.64. The maximum atomic E-state index is 9.51. The fourth-order valence-electron chi connectivity index (χ4n) is 7.63. The predicted molar refractivity (Wildman–Crippen MR) is 154 cm³/mol. The van der Waals surface area contributed by atoms with Crippen LogP contribution in [0.25, 0.3) is 44.3 Å². The normalized spacial score (nSPS) is 20.5. The number of aromatic amines is 1. The summed E-state index contributed by atoms with van der Waals surface area (Å²) < 4.78 is 22.2. The number of rotatable bonds is 4. The molecule has 5 aromatic rings. The lowest BCUT2D eigenvalue weighted by Gasteiger charge is -2.52. The Morgan fingerprint density at radius 3 is 2.79 bits per heavy atom. The number of aryl methyl sites for hydroxylation is 1. The van der Waals surface area contributed by atoms with Crippen molar-refractivity contribution in [3.63, 3.8) is 0 Å². The van der Waals surface area contributed by atoms with E-state index in [1.54, 1.807) is 0 Å². The Hall–Kier alpha value is -4.24. The number of hydrogen-bond donors (Lipinski definition) is 1. The van der Waals surface area contributed by atoms with Crippen LogP contribution in [-0.2, 0) is 35.3 Å². The number of nitriles is 1. The number of H-pyrrole nitrogens is 1. The standard InChI is InChI=1S/C31H30N8O3/c1-37-23-3-2-19(12-20(23)14-34-37)24-25-26-21(13-33-28(25)36-27(24)22-15-35-39-10-11-41-29(22)39)16-42-31(26)5-8-38(9-6-31)30(4-7-32)17-40-18-30/h2-3,12-15H,4-6,8-11,16-18H2,1H3,(H,33,36). The first-order valence-corrected chi connectivity index (χ1v) is 14.6. The molecule has 1 N–H and O–H groups in total. The zero-order chi connectivity index (χ0) is 28.1. The second-order valence-electron chi connectivity index (χ2n) is 12.1. The Bertz CT molecular complexity index is 1930. The molecule has 0 amide bonds. The number of benzene rings is 1. The fourth-order valence-corrected chi connectivity index (χ4v) is 7.63. The molecule has 0 aliphatic carbocycles. The van der Waals surface area contributed by atoms with Crippen LogP contribution in [0.2, 0.25) is 0 Å². The highest BCUT2D eigenvalue weighted by Gasteiger charge is 2.51. The number of aromatic nitrogens is 6. The van der Waals surface area contributed by atoms with E-state index in [9.17, 15) is 5.26 Å². The van der Waals surface area contributed by atoms with Crippen molar-refractivity contribution in [1.29, 1.82) is 5.26 Å². The van der Waals surface area contributed by atoms with E-state index >= 15 is 0 Å². The van der Waals surface area contributed by atoms with E-state index in [0.29, 0.717) is 32.8 Å². The number of nitrogens with one attached hydrogen (secondary N) is 1. The van der Waals surface area contributed by atoms with E-state index in [2.05, 4.69) is 44.3 Å². The molecular formula is C31H30N8O3. The molecule has 11 nitrogen and oxygen atoms in total. The Morgan fingerprint density at radius 2 is 1.98 bits per heavy atom. The summed E-state index contributed by atoms with van der Waals surface area (Å²) in [5.41, 5.74) is 7.77. The summed E-state index contributed by atoms with van der Waals surface area (Å²) >= 11 is 0. The third-order valence-corrected chi connectivity index (χ3v) is 9.89. The van der Waals surface area contributed by atoms with Crippen molar-refractivity contribution >= 4 is 21.9 Å². The van der Waals surface area contributed by atoms with Crippen LogP contribution in [0.1, 0.15) is 30.4 Å². The maximum Gasteiger partial charge on any atom is 0.221 e. The van der Waals surface area contributed by atoms with Crippen LogP contribution in [0.4, 0.5) is 0 Å². The van der Waals surface area contributed by atoms with Gasteiger partial charge in [0.1, 0.15) is 12.3 Å². The summed E-state index contributed by atoms with van der Waals surface area (Å²) in [5.74, 6) is 0.784. The number of pyridine rings is 1. The first-order valence-electron chi connectivity index (χ1n) is 14.6. The van der Waals surface area contributed by atoms with Crippen LogP contribution < -0.4 is 4.74 Å². The molecule has 0 saturated carbocycles. The van der Waals surface area contributed by atoms with Gasteiger partial charge in [0.25, 0.3) is 0 Å². The maximum absolute atomic E-state index is 9.51. The Morgan fingerprint density at radius 1 is 1.10 bits per heavy atom. The van der Waals surface area contributed by atoms with Crippen molar-refractivity contribution < 1.29 is 14.2 Å². The van der Waals surface area contributed by atoms with Crippen LogP contribution in [0.5, 0.6) is 5.88 Å². The zero-order valence-corrected chi connectivity index (χ0v) is 23.4. The minimum atomic E-state index is -0.421. The fraction of sp³-hybridized carbons (Fsp3) is 0.419. The molecule has 42 heavy (non-hydrogen) atoms. The summed E-state index contributed by atoms with van der Waals surface area (Å²) in [6.45, 7) is 4.86. The van der Waals surface area contributed by atoms with Crippen LogP contribution in [0.15, 0.2) is 36.8 Å². The van der Waals surface area contributed by atoms with Gasteiger partial charge in [-0.3, -0.25) is 9.58 Å².